The second kappa shape index (κ2) is 6.88. The molecule has 2 aromatic rings. The van der Waals surface area contributed by atoms with E-state index in [2.05, 4.69) is 5.32 Å². The maximum Gasteiger partial charge on any atom is 0.266 e. The van der Waals surface area contributed by atoms with E-state index in [4.69, 9.17) is 16.9 Å². The highest BCUT2D eigenvalue weighted by Crippen LogP contribution is 2.22. The monoisotopic (exact) mass is 314 g/mol. The lowest BCUT2D eigenvalue weighted by Gasteiger charge is -2.06. The third-order valence-corrected chi connectivity index (χ3v) is 3.26. The third-order valence-electron chi connectivity index (χ3n) is 2.93. The number of hydrogen-bond acceptors (Lipinski definition) is 2. The lowest BCUT2D eigenvalue weighted by atomic mass is 10.1. The fourth-order valence-corrected chi connectivity index (χ4v) is 2.08. The summed E-state index contributed by atoms with van der Waals surface area (Å²) in [7, 11) is 0. The summed E-state index contributed by atoms with van der Waals surface area (Å²) < 4.78 is 13.7. The summed E-state index contributed by atoms with van der Waals surface area (Å²) in [5.74, 6) is -1.21. The fourth-order valence-electron chi connectivity index (χ4n) is 1.86. The molecule has 0 radical (unpaired) electrons. The van der Waals surface area contributed by atoms with Crippen molar-refractivity contribution in [3.8, 4) is 6.07 Å². The summed E-state index contributed by atoms with van der Waals surface area (Å²) in [4.78, 5) is 12.1. The first kappa shape index (κ1) is 15.7. The summed E-state index contributed by atoms with van der Waals surface area (Å²) in [6.07, 6.45) is 1.14. The van der Waals surface area contributed by atoms with E-state index in [-0.39, 0.29) is 16.2 Å². The number of carbonyl (C=O) groups excluding carboxylic acids is 1. The lowest BCUT2D eigenvalue weighted by molar-refractivity contribution is -0.112. The second-order valence-corrected chi connectivity index (χ2v) is 5.04. The molecule has 0 saturated heterocycles. The molecule has 2 aromatic carbocycles. The van der Waals surface area contributed by atoms with Crippen molar-refractivity contribution in [2.75, 3.05) is 5.32 Å². The molecule has 0 aliphatic heterocycles. The van der Waals surface area contributed by atoms with E-state index in [0.717, 1.165) is 11.6 Å². The van der Waals surface area contributed by atoms with Crippen LogP contribution < -0.4 is 5.32 Å². The summed E-state index contributed by atoms with van der Waals surface area (Å²) in [6, 6.07) is 13.1. The van der Waals surface area contributed by atoms with Crippen molar-refractivity contribution in [3.63, 3.8) is 0 Å². The smallest absolute Gasteiger partial charge is 0.266 e. The highest BCUT2D eigenvalue weighted by Gasteiger charge is 2.12. The Bertz CT molecular complexity index is 773. The van der Waals surface area contributed by atoms with Crippen LogP contribution in [0.4, 0.5) is 10.1 Å². The number of halogens is 2. The molecule has 0 aromatic heterocycles. The van der Waals surface area contributed by atoms with Crippen LogP contribution in [0.5, 0.6) is 0 Å². The van der Waals surface area contributed by atoms with Crippen molar-refractivity contribution in [1.29, 1.82) is 5.26 Å². The van der Waals surface area contributed by atoms with Gasteiger partial charge in [-0.15, -0.1) is 0 Å². The van der Waals surface area contributed by atoms with Crippen LogP contribution >= 0.6 is 11.6 Å². The van der Waals surface area contributed by atoms with Crippen molar-refractivity contribution in [2.45, 2.75) is 6.92 Å². The Labute approximate surface area is 132 Å². The predicted molar refractivity (Wildman–Crippen MR) is 84.8 cm³/mol. The van der Waals surface area contributed by atoms with Crippen molar-refractivity contribution in [3.05, 3.63) is 70.0 Å². The Kier molecular flexibility index (Phi) is 4.92. The molecule has 22 heavy (non-hydrogen) atoms. The Morgan fingerprint density at radius 1 is 1.32 bits per heavy atom. The first-order valence-corrected chi connectivity index (χ1v) is 6.83. The minimum Gasteiger partial charge on any atom is -0.321 e. The molecule has 0 fully saturated rings. The number of nitriles is 1. The number of carbonyl (C=O) groups is 1. The molecule has 5 heteroatoms. The van der Waals surface area contributed by atoms with Crippen LogP contribution in [0.1, 0.15) is 11.1 Å². The third kappa shape index (κ3) is 3.72. The van der Waals surface area contributed by atoms with Gasteiger partial charge in [-0.1, -0.05) is 29.8 Å². The molecule has 0 saturated carbocycles. The predicted octanol–water partition coefficient (Wildman–Crippen LogP) is 4.33. The molecular weight excluding hydrogens is 303 g/mol. The number of nitrogens with zero attached hydrogens (tertiary/aromatic N) is 1. The van der Waals surface area contributed by atoms with Gasteiger partial charge in [0.05, 0.1) is 5.02 Å². The van der Waals surface area contributed by atoms with E-state index >= 15 is 0 Å². The van der Waals surface area contributed by atoms with Crippen LogP contribution in [-0.2, 0) is 4.79 Å². The Hall–Kier alpha value is -2.64. The highest BCUT2D eigenvalue weighted by molar-refractivity contribution is 6.32. The van der Waals surface area contributed by atoms with Gasteiger partial charge in [0.2, 0.25) is 0 Å². The standard InChI is InChI=1S/C17H12ClFN2O/c1-11-4-2-5-13(8-11)21-17(22)12(10-20)9-14-15(18)6-3-7-16(14)19/h2-9H,1H3,(H,21,22)/b12-9-. The average molecular weight is 315 g/mol. The van der Waals surface area contributed by atoms with Gasteiger partial charge in [-0.2, -0.15) is 5.26 Å². The normalized spacial score (nSPS) is 10.9. The van der Waals surface area contributed by atoms with Crippen LogP contribution in [0.25, 0.3) is 6.08 Å². The SMILES string of the molecule is Cc1cccc(NC(=O)/C(C#N)=C\c2c(F)cccc2Cl)c1. The molecule has 0 heterocycles. The minimum atomic E-state index is -0.618. The van der Waals surface area contributed by atoms with Crippen molar-refractivity contribution >= 4 is 29.3 Å². The second-order valence-electron chi connectivity index (χ2n) is 4.63. The van der Waals surface area contributed by atoms with Gasteiger partial charge < -0.3 is 5.32 Å². The largest absolute Gasteiger partial charge is 0.321 e. The van der Waals surface area contributed by atoms with Gasteiger partial charge in [-0.3, -0.25) is 4.79 Å². The number of rotatable bonds is 3. The van der Waals surface area contributed by atoms with E-state index in [0.29, 0.717) is 5.69 Å². The summed E-state index contributed by atoms with van der Waals surface area (Å²) in [5.41, 5.74) is 1.32. The zero-order chi connectivity index (χ0) is 16.1. The maximum absolute atomic E-state index is 13.7. The van der Waals surface area contributed by atoms with Crippen molar-refractivity contribution < 1.29 is 9.18 Å². The van der Waals surface area contributed by atoms with E-state index in [1.165, 1.54) is 18.2 Å². The van der Waals surface area contributed by atoms with Gasteiger partial charge in [0.15, 0.2) is 0 Å². The maximum atomic E-state index is 13.7. The van der Waals surface area contributed by atoms with Gasteiger partial charge in [-0.25, -0.2) is 4.39 Å². The summed E-state index contributed by atoms with van der Waals surface area (Å²) >= 11 is 5.89. The first-order chi connectivity index (χ1) is 10.5. The van der Waals surface area contributed by atoms with E-state index in [1.807, 2.05) is 13.0 Å². The Morgan fingerprint density at radius 3 is 2.68 bits per heavy atom. The minimum absolute atomic E-state index is 0.0140. The van der Waals surface area contributed by atoms with E-state index < -0.39 is 11.7 Å². The molecule has 110 valence electrons. The van der Waals surface area contributed by atoms with E-state index in [9.17, 15) is 9.18 Å². The van der Waals surface area contributed by atoms with Gasteiger partial charge in [-0.05, 0) is 42.8 Å². The number of anilines is 1. The van der Waals surface area contributed by atoms with Crippen LogP contribution in [0, 0.1) is 24.1 Å². The molecule has 0 unspecified atom stereocenters. The van der Waals surface area contributed by atoms with Gasteiger partial charge in [0, 0.05) is 11.3 Å². The highest BCUT2D eigenvalue weighted by atomic mass is 35.5. The zero-order valence-corrected chi connectivity index (χ0v) is 12.5. The molecule has 1 N–H and O–H groups in total. The molecule has 0 atom stereocenters. The van der Waals surface area contributed by atoms with Crippen molar-refractivity contribution in [2.24, 2.45) is 0 Å². The lowest BCUT2D eigenvalue weighted by Crippen LogP contribution is -2.13. The fraction of sp³-hybridized carbons (Fsp3) is 0.0588. The van der Waals surface area contributed by atoms with Gasteiger partial charge in [0.1, 0.15) is 17.5 Å². The molecule has 0 aliphatic carbocycles. The van der Waals surface area contributed by atoms with Crippen LogP contribution in [-0.4, -0.2) is 5.91 Å². The molecular formula is C17H12ClFN2O. The summed E-state index contributed by atoms with van der Waals surface area (Å²) in [6.45, 7) is 1.88. The number of nitrogens with one attached hydrogen (secondary N) is 1. The zero-order valence-electron chi connectivity index (χ0n) is 11.7. The van der Waals surface area contributed by atoms with Gasteiger partial charge >= 0.3 is 0 Å². The number of amides is 1. The van der Waals surface area contributed by atoms with Crippen LogP contribution in [0.2, 0.25) is 5.02 Å². The topological polar surface area (TPSA) is 52.9 Å². The first-order valence-electron chi connectivity index (χ1n) is 6.45. The molecule has 0 spiro atoms. The van der Waals surface area contributed by atoms with Gasteiger partial charge in [0.25, 0.3) is 5.91 Å². The van der Waals surface area contributed by atoms with E-state index in [1.54, 1.807) is 24.3 Å². The molecule has 0 aliphatic rings. The number of benzene rings is 2. The molecule has 0 bridgehead atoms. The molecule has 2 rings (SSSR count). The number of aryl methyl sites for hydroxylation is 1. The Balaban J connectivity index is 2.30. The van der Waals surface area contributed by atoms with Crippen LogP contribution in [0.15, 0.2) is 48.0 Å². The average Bonchev–Trinajstić information content (AvgIpc) is 2.47. The van der Waals surface area contributed by atoms with Crippen molar-refractivity contribution in [1.82, 2.24) is 0 Å². The van der Waals surface area contributed by atoms with Crippen LogP contribution in [0.3, 0.4) is 0 Å². The molecule has 1 amide bonds. The molecule has 3 nitrogen and oxygen atoms in total. The number of hydrogen-bond donors (Lipinski definition) is 1. The summed E-state index contributed by atoms with van der Waals surface area (Å²) in [5, 5.41) is 11.9. The Morgan fingerprint density at radius 2 is 2.05 bits per heavy atom. The quantitative estimate of drug-likeness (QED) is 0.677.